The summed E-state index contributed by atoms with van der Waals surface area (Å²) in [6.07, 6.45) is -9.09. The van der Waals surface area contributed by atoms with E-state index in [1.807, 2.05) is 10.7 Å². The molecule has 0 aliphatic rings. The lowest BCUT2D eigenvalue weighted by atomic mass is 10.1. The van der Waals surface area contributed by atoms with Crippen LogP contribution in [0.25, 0.3) is 10.7 Å². The van der Waals surface area contributed by atoms with Gasteiger partial charge in [0.05, 0.1) is 16.0 Å². The molecule has 0 aliphatic carbocycles. The highest BCUT2D eigenvalue weighted by molar-refractivity contribution is 7.99. The Kier molecular flexibility index (Phi) is 6.31. The van der Waals surface area contributed by atoms with Crippen LogP contribution in [-0.2, 0) is 12.4 Å². The van der Waals surface area contributed by atoms with E-state index in [9.17, 15) is 31.1 Å². The molecule has 4 aromatic rings. The first-order valence-electron chi connectivity index (χ1n) is 9.07. The first kappa shape index (κ1) is 23.7. The standard InChI is InChI=1S/C19H10F6N6OS2/c20-18(21,22)9-3-1-4-10(7-9)27-15(32)11-8-26-16(28-13(11)19(23,24)25)34-17-29-14(30-31-17)12-5-2-6-33-12/h1-8H,(H,27,32)(H,29,30,31). The lowest BCUT2D eigenvalue weighted by Crippen LogP contribution is -2.21. The third-order valence-electron chi connectivity index (χ3n) is 4.13. The minimum atomic E-state index is -5.04. The third kappa shape index (κ3) is 5.36. The van der Waals surface area contributed by atoms with E-state index in [-0.39, 0.29) is 16.0 Å². The summed E-state index contributed by atoms with van der Waals surface area (Å²) in [5, 5.41) is 10.1. The molecule has 176 valence electrons. The highest BCUT2D eigenvalue weighted by atomic mass is 32.2. The van der Waals surface area contributed by atoms with Crippen LogP contribution in [0.15, 0.2) is 58.3 Å². The maximum Gasteiger partial charge on any atom is 0.434 e. The van der Waals surface area contributed by atoms with E-state index >= 15 is 0 Å². The van der Waals surface area contributed by atoms with Crippen molar-refractivity contribution in [2.75, 3.05) is 5.32 Å². The van der Waals surface area contributed by atoms with E-state index in [4.69, 9.17) is 0 Å². The van der Waals surface area contributed by atoms with E-state index in [0.29, 0.717) is 29.8 Å². The average molecular weight is 516 g/mol. The van der Waals surface area contributed by atoms with Crippen LogP contribution in [0, 0.1) is 0 Å². The zero-order valence-electron chi connectivity index (χ0n) is 16.4. The molecule has 4 rings (SSSR count). The third-order valence-corrected chi connectivity index (χ3v) is 5.75. The van der Waals surface area contributed by atoms with Crippen LogP contribution in [0.1, 0.15) is 21.6 Å². The lowest BCUT2D eigenvalue weighted by molar-refractivity contribution is -0.142. The molecule has 1 amide bonds. The fourth-order valence-electron chi connectivity index (χ4n) is 2.67. The highest BCUT2D eigenvalue weighted by Gasteiger charge is 2.38. The van der Waals surface area contributed by atoms with Crippen molar-refractivity contribution in [2.45, 2.75) is 22.7 Å². The molecule has 3 aromatic heterocycles. The number of halogens is 6. The Morgan fingerprint density at radius 2 is 1.79 bits per heavy atom. The van der Waals surface area contributed by atoms with Crippen molar-refractivity contribution in [3.8, 4) is 10.7 Å². The van der Waals surface area contributed by atoms with Gasteiger partial charge in [0.1, 0.15) is 0 Å². The Morgan fingerprint density at radius 3 is 2.47 bits per heavy atom. The second kappa shape index (κ2) is 9.06. The molecular formula is C19H10F6N6OS2. The Labute approximate surface area is 194 Å². The summed E-state index contributed by atoms with van der Waals surface area (Å²) < 4.78 is 79.4. The van der Waals surface area contributed by atoms with Crippen LogP contribution < -0.4 is 5.32 Å². The van der Waals surface area contributed by atoms with E-state index in [1.165, 1.54) is 11.3 Å². The summed E-state index contributed by atoms with van der Waals surface area (Å²) in [5.74, 6) is -0.910. The molecule has 0 aliphatic heterocycles. The van der Waals surface area contributed by atoms with Crippen LogP contribution in [-0.4, -0.2) is 31.1 Å². The molecule has 0 fully saturated rings. The predicted octanol–water partition coefficient (Wildman–Crippen LogP) is 5.76. The van der Waals surface area contributed by atoms with Crippen LogP contribution in [0.5, 0.6) is 0 Å². The van der Waals surface area contributed by atoms with E-state index in [0.717, 1.165) is 23.1 Å². The van der Waals surface area contributed by atoms with Gasteiger partial charge >= 0.3 is 12.4 Å². The number of H-pyrrole nitrogens is 1. The van der Waals surface area contributed by atoms with Gasteiger partial charge in [0.25, 0.3) is 5.91 Å². The predicted molar refractivity (Wildman–Crippen MR) is 110 cm³/mol. The maximum absolute atomic E-state index is 13.6. The van der Waals surface area contributed by atoms with Crippen LogP contribution in [0.2, 0.25) is 0 Å². The molecule has 15 heteroatoms. The number of nitrogens with one attached hydrogen (secondary N) is 2. The number of aromatic nitrogens is 5. The number of carbonyl (C=O) groups excluding carboxylic acids is 1. The minimum Gasteiger partial charge on any atom is -0.322 e. The lowest BCUT2D eigenvalue weighted by Gasteiger charge is -2.13. The van der Waals surface area contributed by atoms with Gasteiger partial charge in [-0.25, -0.2) is 15.0 Å². The molecule has 0 saturated heterocycles. The molecule has 3 heterocycles. The molecule has 7 nitrogen and oxygen atoms in total. The molecule has 0 unspecified atom stereocenters. The van der Waals surface area contributed by atoms with Crippen molar-refractivity contribution in [1.82, 2.24) is 25.1 Å². The number of anilines is 1. The number of benzene rings is 1. The van der Waals surface area contributed by atoms with Gasteiger partial charge in [-0.15, -0.1) is 16.4 Å². The van der Waals surface area contributed by atoms with Crippen molar-refractivity contribution in [1.29, 1.82) is 0 Å². The summed E-state index contributed by atoms with van der Waals surface area (Å²) in [6, 6.07) is 7.05. The zero-order chi connectivity index (χ0) is 24.5. The summed E-state index contributed by atoms with van der Waals surface area (Å²) in [7, 11) is 0. The number of thiophene rings is 1. The topological polar surface area (TPSA) is 96.5 Å². The summed E-state index contributed by atoms with van der Waals surface area (Å²) in [4.78, 5) is 24.5. The monoisotopic (exact) mass is 516 g/mol. The number of carbonyl (C=O) groups is 1. The quantitative estimate of drug-likeness (QED) is 0.259. The largest absolute Gasteiger partial charge is 0.434 e. The smallest absolute Gasteiger partial charge is 0.322 e. The number of alkyl halides is 6. The average Bonchev–Trinajstić information content (AvgIpc) is 3.44. The van der Waals surface area contributed by atoms with Crippen molar-refractivity contribution < 1.29 is 31.1 Å². The van der Waals surface area contributed by atoms with Gasteiger partial charge in [-0.3, -0.25) is 9.89 Å². The number of hydrogen-bond acceptors (Lipinski definition) is 7. The van der Waals surface area contributed by atoms with Crippen molar-refractivity contribution in [3.63, 3.8) is 0 Å². The SMILES string of the molecule is O=C(Nc1cccc(C(F)(F)F)c1)c1cnc(Sc2n[nH]c(-c3cccs3)n2)nc1C(F)(F)F. The number of hydrogen-bond donors (Lipinski definition) is 2. The molecule has 1 aromatic carbocycles. The van der Waals surface area contributed by atoms with Crippen LogP contribution >= 0.6 is 23.1 Å². The molecule has 0 spiro atoms. The fraction of sp³-hybridized carbons (Fsp3) is 0.105. The highest BCUT2D eigenvalue weighted by Crippen LogP contribution is 2.34. The van der Waals surface area contributed by atoms with Gasteiger partial charge in [-0.2, -0.15) is 26.3 Å². The van der Waals surface area contributed by atoms with Gasteiger partial charge in [0, 0.05) is 11.9 Å². The molecule has 0 atom stereocenters. The molecule has 0 saturated carbocycles. The van der Waals surface area contributed by atoms with E-state index < -0.39 is 35.1 Å². The summed E-state index contributed by atoms with van der Waals surface area (Å²) >= 11 is 2.02. The van der Waals surface area contributed by atoms with Crippen LogP contribution in [0.4, 0.5) is 32.0 Å². The van der Waals surface area contributed by atoms with Gasteiger partial charge in [0.15, 0.2) is 16.7 Å². The van der Waals surface area contributed by atoms with Gasteiger partial charge in [-0.1, -0.05) is 12.1 Å². The number of aromatic amines is 1. The van der Waals surface area contributed by atoms with Crippen molar-refractivity contribution in [3.05, 3.63) is 64.8 Å². The Balaban J connectivity index is 1.58. The molecule has 0 bridgehead atoms. The number of rotatable bonds is 5. The Hall–Kier alpha value is -3.46. The van der Waals surface area contributed by atoms with Gasteiger partial charge < -0.3 is 5.32 Å². The molecule has 34 heavy (non-hydrogen) atoms. The number of nitrogens with zero attached hydrogens (tertiary/aromatic N) is 4. The number of amides is 1. The second-order valence-electron chi connectivity index (χ2n) is 6.49. The Bertz CT molecular complexity index is 1320. The Morgan fingerprint density at radius 1 is 1.00 bits per heavy atom. The normalized spacial score (nSPS) is 12.1. The van der Waals surface area contributed by atoms with Gasteiger partial charge in [0.2, 0.25) is 5.16 Å². The first-order valence-corrected chi connectivity index (χ1v) is 10.8. The first-order chi connectivity index (χ1) is 16.0. The van der Waals surface area contributed by atoms with Crippen molar-refractivity contribution in [2.24, 2.45) is 0 Å². The van der Waals surface area contributed by atoms with E-state index in [1.54, 1.807) is 12.1 Å². The zero-order valence-corrected chi connectivity index (χ0v) is 18.0. The summed E-state index contributed by atoms with van der Waals surface area (Å²) in [5.41, 5.74) is -3.92. The maximum atomic E-state index is 13.6. The van der Waals surface area contributed by atoms with E-state index in [2.05, 4.69) is 25.1 Å². The fourth-order valence-corrected chi connectivity index (χ4v) is 3.96. The second-order valence-corrected chi connectivity index (χ2v) is 8.37. The molecule has 0 radical (unpaired) electrons. The molecular weight excluding hydrogens is 506 g/mol. The van der Waals surface area contributed by atoms with Crippen LogP contribution in [0.3, 0.4) is 0 Å². The molecule has 2 N–H and O–H groups in total. The minimum absolute atomic E-state index is 0.0534. The summed E-state index contributed by atoms with van der Waals surface area (Å²) in [6.45, 7) is 0. The van der Waals surface area contributed by atoms with Gasteiger partial charge in [-0.05, 0) is 41.4 Å². The van der Waals surface area contributed by atoms with Crippen molar-refractivity contribution >= 4 is 34.7 Å².